The lowest BCUT2D eigenvalue weighted by Gasteiger charge is -2.13. The molecule has 0 saturated carbocycles. The summed E-state index contributed by atoms with van der Waals surface area (Å²) < 4.78 is 30.1. The molecule has 22 heavy (non-hydrogen) atoms. The van der Waals surface area contributed by atoms with Crippen LogP contribution in [0.2, 0.25) is 0 Å². The SMILES string of the molecule is Cc1nn(C)cc1CNCC(O)c1ccc(OC(F)F)cc1. The summed E-state index contributed by atoms with van der Waals surface area (Å²) in [6, 6.07) is 5.96. The Morgan fingerprint density at radius 2 is 2.00 bits per heavy atom. The molecule has 0 radical (unpaired) electrons. The maximum Gasteiger partial charge on any atom is 0.387 e. The number of hydrogen-bond acceptors (Lipinski definition) is 4. The quantitative estimate of drug-likeness (QED) is 0.822. The third-order valence-corrected chi connectivity index (χ3v) is 3.26. The van der Waals surface area contributed by atoms with E-state index in [1.807, 2.05) is 20.2 Å². The van der Waals surface area contributed by atoms with Gasteiger partial charge in [-0.25, -0.2) is 0 Å². The van der Waals surface area contributed by atoms with Crippen LogP contribution in [-0.2, 0) is 13.6 Å². The number of benzene rings is 1. The highest BCUT2D eigenvalue weighted by atomic mass is 19.3. The number of nitrogens with zero attached hydrogens (tertiary/aromatic N) is 2. The minimum atomic E-state index is -2.85. The van der Waals surface area contributed by atoms with Crippen molar-refractivity contribution in [2.24, 2.45) is 7.05 Å². The van der Waals surface area contributed by atoms with Gasteiger partial charge in [0.2, 0.25) is 0 Å². The Labute approximate surface area is 127 Å². The Morgan fingerprint density at radius 3 is 2.55 bits per heavy atom. The summed E-state index contributed by atoms with van der Waals surface area (Å²) in [5.74, 6) is 0.0740. The van der Waals surface area contributed by atoms with Crippen LogP contribution in [-0.4, -0.2) is 28.0 Å². The summed E-state index contributed by atoms with van der Waals surface area (Å²) in [5, 5.41) is 17.5. The summed E-state index contributed by atoms with van der Waals surface area (Å²) in [6.07, 6.45) is 1.20. The first-order chi connectivity index (χ1) is 10.5. The molecule has 120 valence electrons. The molecule has 1 atom stereocenters. The van der Waals surface area contributed by atoms with Crippen molar-refractivity contribution in [3.8, 4) is 5.75 Å². The fraction of sp³-hybridized carbons (Fsp3) is 0.400. The molecule has 1 heterocycles. The van der Waals surface area contributed by atoms with Crippen LogP contribution in [0.4, 0.5) is 8.78 Å². The highest BCUT2D eigenvalue weighted by Crippen LogP contribution is 2.19. The number of alkyl halides is 2. The Bertz CT molecular complexity index is 599. The zero-order valence-electron chi connectivity index (χ0n) is 12.5. The summed E-state index contributed by atoms with van der Waals surface area (Å²) >= 11 is 0. The van der Waals surface area contributed by atoms with Gasteiger partial charge in [-0.15, -0.1) is 0 Å². The van der Waals surface area contributed by atoms with Crippen LogP contribution in [0.3, 0.4) is 0 Å². The molecule has 0 amide bonds. The van der Waals surface area contributed by atoms with Gasteiger partial charge in [0.1, 0.15) is 5.75 Å². The van der Waals surface area contributed by atoms with Gasteiger partial charge in [-0.3, -0.25) is 4.68 Å². The molecule has 2 aromatic rings. The van der Waals surface area contributed by atoms with Gasteiger partial charge in [0, 0.05) is 31.9 Å². The Balaban J connectivity index is 1.84. The van der Waals surface area contributed by atoms with E-state index in [4.69, 9.17) is 0 Å². The lowest BCUT2D eigenvalue weighted by molar-refractivity contribution is -0.0498. The molecular weight excluding hydrogens is 292 g/mol. The zero-order valence-corrected chi connectivity index (χ0v) is 12.5. The van der Waals surface area contributed by atoms with Crippen LogP contribution in [0.1, 0.15) is 22.9 Å². The number of aryl methyl sites for hydroxylation is 2. The molecule has 0 saturated heterocycles. The normalized spacial score (nSPS) is 12.6. The standard InChI is InChI=1S/C15H19F2N3O2/c1-10-12(9-20(2)19-10)7-18-8-14(21)11-3-5-13(6-4-11)22-15(16)17/h3-6,9,14-15,18,21H,7-8H2,1-2H3. The highest BCUT2D eigenvalue weighted by Gasteiger charge is 2.10. The second kappa shape index (κ2) is 7.33. The number of aliphatic hydroxyl groups excluding tert-OH is 1. The molecule has 2 N–H and O–H groups in total. The average molecular weight is 311 g/mol. The molecule has 2 rings (SSSR count). The number of nitrogens with one attached hydrogen (secondary N) is 1. The van der Waals surface area contributed by atoms with Gasteiger partial charge in [-0.05, 0) is 24.6 Å². The van der Waals surface area contributed by atoms with E-state index in [0.29, 0.717) is 18.7 Å². The lowest BCUT2D eigenvalue weighted by atomic mass is 10.1. The van der Waals surface area contributed by atoms with Crippen LogP contribution in [0.25, 0.3) is 0 Å². The fourth-order valence-electron chi connectivity index (χ4n) is 2.16. The van der Waals surface area contributed by atoms with Crippen molar-refractivity contribution < 1.29 is 18.6 Å². The molecule has 1 aromatic heterocycles. The van der Waals surface area contributed by atoms with Gasteiger partial charge in [-0.2, -0.15) is 13.9 Å². The van der Waals surface area contributed by atoms with Gasteiger partial charge >= 0.3 is 6.61 Å². The van der Waals surface area contributed by atoms with E-state index in [-0.39, 0.29) is 5.75 Å². The van der Waals surface area contributed by atoms with Gasteiger partial charge in [0.15, 0.2) is 0 Å². The minimum absolute atomic E-state index is 0.0740. The molecular formula is C15H19F2N3O2. The minimum Gasteiger partial charge on any atom is -0.435 e. The second-order valence-corrected chi connectivity index (χ2v) is 5.01. The van der Waals surface area contributed by atoms with Crippen LogP contribution in [0, 0.1) is 6.92 Å². The van der Waals surface area contributed by atoms with E-state index in [0.717, 1.165) is 11.3 Å². The summed E-state index contributed by atoms with van der Waals surface area (Å²) in [5.41, 5.74) is 2.64. The smallest absolute Gasteiger partial charge is 0.387 e. The molecule has 1 unspecified atom stereocenters. The topological polar surface area (TPSA) is 59.3 Å². The van der Waals surface area contributed by atoms with Crippen LogP contribution in [0.15, 0.2) is 30.5 Å². The van der Waals surface area contributed by atoms with E-state index in [9.17, 15) is 13.9 Å². The maximum absolute atomic E-state index is 12.1. The first-order valence-corrected chi connectivity index (χ1v) is 6.88. The van der Waals surface area contributed by atoms with Gasteiger partial charge in [0.25, 0.3) is 0 Å². The van der Waals surface area contributed by atoms with Gasteiger partial charge in [-0.1, -0.05) is 12.1 Å². The van der Waals surface area contributed by atoms with Crippen LogP contribution >= 0.6 is 0 Å². The number of aromatic nitrogens is 2. The highest BCUT2D eigenvalue weighted by molar-refractivity contribution is 5.28. The molecule has 0 bridgehead atoms. The zero-order chi connectivity index (χ0) is 16.1. The summed E-state index contributed by atoms with van der Waals surface area (Å²) in [7, 11) is 1.86. The first-order valence-electron chi connectivity index (χ1n) is 6.88. The van der Waals surface area contributed by atoms with E-state index in [2.05, 4.69) is 15.2 Å². The van der Waals surface area contributed by atoms with Crippen molar-refractivity contribution in [3.05, 3.63) is 47.3 Å². The maximum atomic E-state index is 12.1. The van der Waals surface area contributed by atoms with Crippen molar-refractivity contribution in [1.29, 1.82) is 0 Å². The number of ether oxygens (including phenoxy) is 1. The van der Waals surface area contributed by atoms with E-state index < -0.39 is 12.7 Å². The Morgan fingerprint density at radius 1 is 1.32 bits per heavy atom. The van der Waals surface area contributed by atoms with E-state index in [1.165, 1.54) is 12.1 Å². The van der Waals surface area contributed by atoms with Crippen molar-refractivity contribution in [2.75, 3.05) is 6.54 Å². The van der Waals surface area contributed by atoms with Crippen molar-refractivity contribution in [1.82, 2.24) is 15.1 Å². The van der Waals surface area contributed by atoms with Crippen molar-refractivity contribution in [3.63, 3.8) is 0 Å². The van der Waals surface area contributed by atoms with E-state index >= 15 is 0 Å². The number of hydrogen-bond donors (Lipinski definition) is 2. The Kier molecular flexibility index (Phi) is 5.46. The first kappa shape index (κ1) is 16.4. The molecule has 1 aromatic carbocycles. The molecule has 0 aliphatic carbocycles. The molecule has 0 aliphatic rings. The summed E-state index contributed by atoms with van der Waals surface area (Å²) in [6.45, 7) is 0.0298. The third-order valence-electron chi connectivity index (χ3n) is 3.26. The molecule has 0 fully saturated rings. The number of halogens is 2. The largest absolute Gasteiger partial charge is 0.435 e. The fourth-order valence-corrected chi connectivity index (χ4v) is 2.16. The molecule has 5 nitrogen and oxygen atoms in total. The van der Waals surface area contributed by atoms with Crippen molar-refractivity contribution in [2.45, 2.75) is 26.2 Å². The molecule has 0 spiro atoms. The van der Waals surface area contributed by atoms with E-state index in [1.54, 1.807) is 16.8 Å². The second-order valence-electron chi connectivity index (χ2n) is 5.01. The lowest BCUT2D eigenvalue weighted by Crippen LogP contribution is -2.21. The molecule has 0 aliphatic heterocycles. The predicted molar refractivity (Wildman–Crippen MR) is 77.7 cm³/mol. The number of rotatable bonds is 7. The van der Waals surface area contributed by atoms with Crippen molar-refractivity contribution >= 4 is 0 Å². The van der Waals surface area contributed by atoms with Gasteiger partial charge in [0.05, 0.1) is 11.8 Å². The Hall–Kier alpha value is -1.99. The number of aliphatic hydroxyl groups is 1. The summed E-state index contributed by atoms with van der Waals surface area (Å²) in [4.78, 5) is 0. The van der Waals surface area contributed by atoms with Crippen LogP contribution in [0.5, 0.6) is 5.75 Å². The van der Waals surface area contributed by atoms with Crippen LogP contribution < -0.4 is 10.1 Å². The predicted octanol–water partition coefficient (Wildman–Crippen LogP) is 2.15. The third kappa shape index (κ3) is 4.51. The molecule has 7 heteroatoms. The average Bonchev–Trinajstić information content (AvgIpc) is 2.77. The monoisotopic (exact) mass is 311 g/mol. The van der Waals surface area contributed by atoms with Gasteiger partial charge < -0.3 is 15.2 Å².